The van der Waals surface area contributed by atoms with E-state index in [0.717, 1.165) is 12.8 Å². The summed E-state index contributed by atoms with van der Waals surface area (Å²) in [5.41, 5.74) is 0. The molecule has 1 aromatic heterocycles. The summed E-state index contributed by atoms with van der Waals surface area (Å²) in [5.74, 6) is -0.915. The zero-order chi connectivity index (χ0) is 17.1. The molecule has 3 rings (SSSR count). The largest absolute Gasteiger partial charge is 0.481 e. The molecule has 132 valence electrons. The van der Waals surface area contributed by atoms with Crippen molar-refractivity contribution in [1.82, 2.24) is 9.97 Å². The maximum atomic E-state index is 14.1. The second kappa shape index (κ2) is 7.29. The van der Waals surface area contributed by atoms with Crippen LogP contribution in [-0.2, 0) is 9.53 Å². The van der Waals surface area contributed by atoms with Gasteiger partial charge in [0.1, 0.15) is 0 Å². The fraction of sp³-hybridized carbons (Fsp3) is 0.688. The highest BCUT2D eigenvalue weighted by Gasteiger charge is 2.38. The van der Waals surface area contributed by atoms with Gasteiger partial charge < -0.3 is 19.6 Å². The molecule has 2 aliphatic rings. The third-order valence-corrected chi connectivity index (χ3v) is 4.72. The molecule has 0 aromatic carbocycles. The van der Waals surface area contributed by atoms with Crippen LogP contribution in [0.15, 0.2) is 6.20 Å². The van der Waals surface area contributed by atoms with Gasteiger partial charge in [-0.15, -0.1) is 0 Å². The summed E-state index contributed by atoms with van der Waals surface area (Å²) in [6.07, 6.45) is 2.96. The summed E-state index contributed by atoms with van der Waals surface area (Å²) in [7, 11) is 0. The first kappa shape index (κ1) is 16.9. The number of ether oxygens (including phenoxy) is 1. The Balaban J connectivity index is 1.80. The van der Waals surface area contributed by atoms with Gasteiger partial charge in [0.15, 0.2) is 11.6 Å². The lowest BCUT2D eigenvalue weighted by molar-refractivity contribution is -0.142. The molecular formula is C16H23FN4O3. The van der Waals surface area contributed by atoms with Crippen LogP contribution in [0.5, 0.6) is 0 Å². The van der Waals surface area contributed by atoms with Crippen molar-refractivity contribution >= 4 is 17.7 Å². The molecule has 1 N–H and O–H groups in total. The van der Waals surface area contributed by atoms with Crippen LogP contribution in [0, 0.1) is 17.7 Å². The molecule has 7 nitrogen and oxygen atoms in total. The summed E-state index contributed by atoms with van der Waals surface area (Å²) in [6.45, 7) is 5.27. The Labute approximate surface area is 140 Å². The van der Waals surface area contributed by atoms with Crippen molar-refractivity contribution in [2.24, 2.45) is 11.8 Å². The molecule has 0 unspecified atom stereocenters. The Morgan fingerprint density at radius 2 is 2.12 bits per heavy atom. The highest BCUT2D eigenvalue weighted by atomic mass is 19.1. The zero-order valence-corrected chi connectivity index (χ0v) is 13.8. The molecule has 0 spiro atoms. The van der Waals surface area contributed by atoms with Crippen molar-refractivity contribution in [2.75, 3.05) is 49.2 Å². The number of hydrogen-bond acceptors (Lipinski definition) is 6. The Kier molecular flexibility index (Phi) is 5.13. The number of morpholine rings is 1. The van der Waals surface area contributed by atoms with Crippen LogP contribution in [0.25, 0.3) is 0 Å². The van der Waals surface area contributed by atoms with Gasteiger partial charge in [0, 0.05) is 26.2 Å². The number of rotatable bonds is 5. The molecule has 0 radical (unpaired) electrons. The number of carboxylic acid groups (broad SMARTS) is 1. The predicted octanol–water partition coefficient (Wildman–Crippen LogP) is 1.39. The molecular weight excluding hydrogens is 315 g/mol. The molecule has 8 heteroatoms. The summed E-state index contributed by atoms with van der Waals surface area (Å²) in [5, 5.41) is 9.43. The van der Waals surface area contributed by atoms with Crippen LogP contribution < -0.4 is 9.80 Å². The molecule has 0 bridgehead atoms. The summed E-state index contributed by atoms with van der Waals surface area (Å²) < 4.78 is 19.4. The van der Waals surface area contributed by atoms with Crippen molar-refractivity contribution in [3.05, 3.63) is 12.0 Å². The van der Waals surface area contributed by atoms with E-state index in [1.165, 1.54) is 6.20 Å². The predicted molar refractivity (Wildman–Crippen MR) is 86.8 cm³/mol. The van der Waals surface area contributed by atoms with Gasteiger partial charge >= 0.3 is 5.97 Å². The fourth-order valence-electron chi connectivity index (χ4n) is 3.48. The average molecular weight is 338 g/mol. The zero-order valence-electron chi connectivity index (χ0n) is 13.8. The van der Waals surface area contributed by atoms with Gasteiger partial charge in [0.25, 0.3) is 0 Å². The summed E-state index contributed by atoms with van der Waals surface area (Å²) in [6, 6.07) is 0. The molecule has 2 aliphatic heterocycles. The number of aliphatic carboxylic acids is 1. The second-order valence-corrected chi connectivity index (χ2v) is 6.34. The number of anilines is 2. The minimum absolute atomic E-state index is 0.0768. The van der Waals surface area contributed by atoms with Crippen molar-refractivity contribution < 1.29 is 19.0 Å². The van der Waals surface area contributed by atoms with E-state index in [4.69, 9.17) is 4.74 Å². The van der Waals surface area contributed by atoms with Crippen molar-refractivity contribution in [1.29, 1.82) is 0 Å². The van der Waals surface area contributed by atoms with Crippen molar-refractivity contribution in [3.63, 3.8) is 0 Å². The summed E-state index contributed by atoms with van der Waals surface area (Å²) in [4.78, 5) is 23.7. The van der Waals surface area contributed by atoms with Gasteiger partial charge in [-0.2, -0.15) is 4.98 Å². The van der Waals surface area contributed by atoms with Crippen LogP contribution in [0.4, 0.5) is 16.2 Å². The monoisotopic (exact) mass is 338 g/mol. The van der Waals surface area contributed by atoms with E-state index in [2.05, 4.69) is 9.97 Å². The molecule has 2 saturated heterocycles. The maximum absolute atomic E-state index is 14.1. The van der Waals surface area contributed by atoms with E-state index in [1.807, 2.05) is 16.7 Å². The van der Waals surface area contributed by atoms with E-state index in [9.17, 15) is 14.3 Å². The van der Waals surface area contributed by atoms with Crippen LogP contribution >= 0.6 is 0 Å². The smallest absolute Gasteiger partial charge is 0.308 e. The number of halogens is 1. The van der Waals surface area contributed by atoms with Gasteiger partial charge in [-0.25, -0.2) is 9.37 Å². The molecule has 1 aromatic rings. The second-order valence-electron chi connectivity index (χ2n) is 6.34. The lowest BCUT2D eigenvalue weighted by Gasteiger charge is -2.28. The molecule has 2 fully saturated rings. The standard InChI is InChI=1S/C16H23FN4O3/c1-2-3-11-9-21(10-12(11)15(22)23)16-18-8-13(17)14(19-16)20-4-6-24-7-5-20/h8,11-12H,2-7,9-10H2,1H3,(H,22,23)/t11-,12-/m0/s1. The minimum atomic E-state index is -0.786. The minimum Gasteiger partial charge on any atom is -0.481 e. The fourth-order valence-corrected chi connectivity index (χ4v) is 3.48. The van der Waals surface area contributed by atoms with Crippen molar-refractivity contribution in [2.45, 2.75) is 19.8 Å². The van der Waals surface area contributed by atoms with Gasteiger partial charge in [-0.05, 0) is 12.3 Å². The number of carboxylic acids is 1. The SMILES string of the molecule is CCC[C@H]1CN(c2ncc(F)c(N3CCOCC3)n2)C[C@@H]1C(=O)O. The van der Waals surface area contributed by atoms with E-state index >= 15 is 0 Å². The third-order valence-electron chi connectivity index (χ3n) is 4.72. The molecule has 3 heterocycles. The first-order valence-corrected chi connectivity index (χ1v) is 8.43. The number of carbonyl (C=O) groups is 1. The van der Waals surface area contributed by atoms with Gasteiger partial charge in [-0.3, -0.25) is 4.79 Å². The third kappa shape index (κ3) is 3.43. The number of nitrogens with zero attached hydrogens (tertiary/aromatic N) is 4. The quantitative estimate of drug-likeness (QED) is 0.869. The van der Waals surface area contributed by atoms with Crippen molar-refractivity contribution in [3.8, 4) is 0 Å². The molecule has 2 atom stereocenters. The molecule has 0 amide bonds. The van der Waals surface area contributed by atoms with E-state index in [1.54, 1.807) is 0 Å². The maximum Gasteiger partial charge on any atom is 0.308 e. The topological polar surface area (TPSA) is 78.8 Å². The van der Waals surface area contributed by atoms with Gasteiger partial charge in [-0.1, -0.05) is 13.3 Å². The highest BCUT2D eigenvalue weighted by Crippen LogP contribution is 2.31. The van der Waals surface area contributed by atoms with Crippen LogP contribution in [0.2, 0.25) is 0 Å². The number of hydrogen-bond donors (Lipinski definition) is 1. The van der Waals surface area contributed by atoms with E-state index in [-0.39, 0.29) is 11.7 Å². The van der Waals surface area contributed by atoms with E-state index < -0.39 is 17.7 Å². The molecule has 0 saturated carbocycles. The van der Waals surface area contributed by atoms with Crippen LogP contribution in [-0.4, -0.2) is 60.4 Å². The van der Waals surface area contributed by atoms with Crippen LogP contribution in [0.1, 0.15) is 19.8 Å². The Morgan fingerprint density at radius 3 is 2.79 bits per heavy atom. The van der Waals surface area contributed by atoms with Gasteiger partial charge in [0.05, 0.1) is 25.3 Å². The number of aromatic nitrogens is 2. The Hall–Kier alpha value is -1.96. The Morgan fingerprint density at radius 1 is 1.38 bits per heavy atom. The lowest BCUT2D eigenvalue weighted by Crippen LogP contribution is -2.37. The average Bonchev–Trinajstić information content (AvgIpc) is 3.01. The van der Waals surface area contributed by atoms with Gasteiger partial charge in [0.2, 0.25) is 5.95 Å². The highest BCUT2D eigenvalue weighted by molar-refractivity contribution is 5.72. The first-order valence-electron chi connectivity index (χ1n) is 8.43. The van der Waals surface area contributed by atoms with Crippen LogP contribution in [0.3, 0.4) is 0 Å². The first-order chi connectivity index (χ1) is 11.6. The molecule has 24 heavy (non-hydrogen) atoms. The molecule has 0 aliphatic carbocycles. The summed E-state index contributed by atoms with van der Waals surface area (Å²) >= 11 is 0. The Bertz CT molecular complexity index is 595. The lowest BCUT2D eigenvalue weighted by atomic mass is 9.92. The normalized spacial score (nSPS) is 24.4. The van der Waals surface area contributed by atoms with E-state index in [0.29, 0.717) is 45.3 Å².